The van der Waals surface area contributed by atoms with Crippen LogP contribution >= 0.6 is 0 Å². The number of aromatic nitrogens is 2. The summed E-state index contributed by atoms with van der Waals surface area (Å²) in [5, 5.41) is 1.08. The lowest BCUT2D eigenvalue weighted by molar-refractivity contribution is -0.122. The fraction of sp³-hybridized carbons (Fsp3) is 0.306. The van der Waals surface area contributed by atoms with Gasteiger partial charge in [-0.25, -0.2) is 14.4 Å². The van der Waals surface area contributed by atoms with Gasteiger partial charge in [0.25, 0.3) is 5.91 Å². The van der Waals surface area contributed by atoms with Gasteiger partial charge < -0.3 is 24.3 Å². The van der Waals surface area contributed by atoms with E-state index in [-0.39, 0.29) is 23.6 Å². The van der Waals surface area contributed by atoms with Gasteiger partial charge >= 0.3 is 17.6 Å². The minimum Gasteiger partial charge on any atom is -0.452 e. The molecule has 48 heavy (non-hydrogen) atoms. The molecule has 0 unspecified atom stereocenters. The van der Waals surface area contributed by atoms with Crippen LogP contribution in [0.4, 0.5) is 5.82 Å². The van der Waals surface area contributed by atoms with E-state index in [2.05, 4.69) is 10.3 Å². The van der Waals surface area contributed by atoms with Crippen LogP contribution in [-0.4, -0.2) is 66.7 Å². The average Bonchev–Trinajstić information content (AvgIpc) is 3.37. The third-order valence-corrected chi connectivity index (χ3v) is 10.3. The number of carbonyl (C=O) groups excluding carboxylic acids is 3. The Kier molecular flexibility index (Phi) is 10.4. The molecule has 2 heterocycles. The van der Waals surface area contributed by atoms with Crippen molar-refractivity contribution >= 4 is 32.5 Å². The highest BCUT2D eigenvalue weighted by Crippen LogP contribution is 2.42. The van der Waals surface area contributed by atoms with Crippen LogP contribution < -0.4 is 11.0 Å². The van der Waals surface area contributed by atoms with Gasteiger partial charge in [0, 0.05) is 11.8 Å². The maximum Gasteiger partial charge on any atom is 0.351 e. The molecule has 0 bridgehead atoms. The summed E-state index contributed by atoms with van der Waals surface area (Å²) in [6.45, 7) is 9.46. The summed E-state index contributed by atoms with van der Waals surface area (Å²) in [4.78, 5) is 58.1. The van der Waals surface area contributed by atoms with Gasteiger partial charge in [0.05, 0.1) is 23.3 Å². The molecule has 0 aliphatic carbocycles. The lowest BCUT2D eigenvalue weighted by Crippen LogP contribution is -2.59. The number of nitrogens with one attached hydrogen (secondary N) is 1. The van der Waals surface area contributed by atoms with Crippen LogP contribution in [0.15, 0.2) is 108 Å². The van der Waals surface area contributed by atoms with E-state index in [1.807, 2.05) is 33.9 Å². The number of carbonyl (C=O) groups is 3. The van der Waals surface area contributed by atoms with Gasteiger partial charge in [-0.3, -0.25) is 9.36 Å². The Labute approximate surface area is 280 Å². The summed E-state index contributed by atoms with van der Waals surface area (Å²) < 4.78 is 26.5. The number of ether oxygens (including phenoxy) is 4. The Balaban J connectivity index is 1.59. The number of amides is 1. The molecule has 0 radical (unpaired) electrons. The molecule has 1 aliphatic heterocycles. The first-order valence-corrected chi connectivity index (χ1v) is 18.6. The number of hydrogen-bond acceptors (Lipinski definition) is 9. The second kappa shape index (κ2) is 14.5. The normalized spacial score (nSPS) is 20.7. The number of benzene rings is 3. The van der Waals surface area contributed by atoms with Gasteiger partial charge in [-0.2, -0.15) is 4.98 Å². The Hall–Kier alpha value is -4.91. The summed E-state index contributed by atoms with van der Waals surface area (Å²) in [5.74, 6) is -1.75. The number of nitrogens with zero attached hydrogens (tertiary/aromatic N) is 2. The first-order valence-electron chi connectivity index (χ1n) is 15.7. The number of esters is 2. The quantitative estimate of drug-likeness (QED) is 0.186. The highest BCUT2D eigenvalue weighted by Gasteiger charge is 2.63. The van der Waals surface area contributed by atoms with Crippen LogP contribution in [0.25, 0.3) is 0 Å². The van der Waals surface area contributed by atoms with Gasteiger partial charge in [0.15, 0.2) is 17.6 Å². The summed E-state index contributed by atoms with van der Waals surface area (Å²) in [7, 11) is -2.29. The lowest BCUT2D eigenvalue weighted by Gasteiger charge is -2.38. The summed E-state index contributed by atoms with van der Waals surface area (Å²) in [5.41, 5.74) is -0.397. The predicted molar refractivity (Wildman–Crippen MR) is 182 cm³/mol. The van der Waals surface area contributed by atoms with Crippen molar-refractivity contribution in [1.82, 2.24) is 9.55 Å². The minimum absolute atomic E-state index is 0.0289. The van der Waals surface area contributed by atoms with Crippen molar-refractivity contribution in [3.05, 3.63) is 130 Å². The Bertz CT molecular complexity index is 1790. The molecule has 4 atom stereocenters. The molecule has 1 saturated heterocycles. The van der Waals surface area contributed by atoms with Crippen LogP contribution in [0.1, 0.15) is 51.8 Å². The molecule has 1 aromatic heterocycles. The zero-order valence-electron chi connectivity index (χ0n) is 27.5. The molecule has 1 fully saturated rings. The molecule has 250 valence electrons. The third kappa shape index (κ3) is 7.62. The zero-order chi connectivity index (χ0) is 34.5. The average molecular weight is 670 g/mol. The SMILES string of the molecule is C[SiH](C)[C@@]1(n2ccc(NC(=O)c3ccccc3)nc2=O)O[C@H](COC(C)(C)C)[C@@H](OC(=O)c2ccccc2)[C@H]1OC(=O)c1ccccc1. The van der Waals surface area contributed by atoms with Gasteiger partial charge in [0.2, 0.25) is 0 Å². The molecule has 5 rings (SSSR count). The largest absolute Gasteiger partial charge is 0.452 e. The lowest BCUT2D eigenvalue weighted by atomic mass is 10.1. The molecule has 0 spiro atoms. The van der Waals surface area contributed by atoms with E-state index in [1.165, 1.54) is 16.8 Å². The van der Waals surface area contributed by atoms with Gasteiger partial charge in [-0.05, 0) is 63.2 Å². The molecule has 12 heteroatoms. The zero-order valence-corrected chi connectivity index (χ0v) is 28.6. The van der Waals surface area contributed by atoms with E-state index in [0.29, 0.717) is 5.56 Å². The summed E-state index contributed by atoms with van der Waals surface area (Å²) >= 11 is 0. The molecule has 0 saturated carbocycles. The monoisotopic (exact) mass is 669 g/mol. The standard InChI is InChI=1S/C36H39N3O8Si/c1-35(2,3)44-23-27-29(45-32(41)25-17-11-7-12-18-25)30(46-33(42)26-19-13-8-14-20-26)36(47-27,48(4)5)39-22-21-28(38-34(39)43)37-31(40)24-15-9-6-10-16-24/h6-22,27,29-30,48H,23H2,1-5H3,(H,37,38,40,43)/t27-,29-,30-,36+/m1/s1. The van der Waals surface area contributed by atoms with E-state index in [4.69, 9.17) is 18.9 Å². The molecule has 1 aliphatic rings. The Morgan fingerprint density at radius 3 is 1.85 bits per heavy atom. The fourth-order valence-electron chi connectivity index (χ4n) is 5.53. The minimum atomic E-state index is -2.29. The molecule has 11 nitrogen and oxygen atoms in total. The molecular formula is C36H39N3O8Si. The van der Waals surface area contributed by atoms with Gasteiger partial charge in [-0.1, -0.05) is 67.7 Å². The van der Waals surface area contributed by atoms with E-state index >= 15 is 0 Å². The van der Waals surface area contributed by atoms with E-state index in [0.717, 1.165) is 0 Å². The van der Waals surface area contributed by atoms with Crippen LogP contribution in [-0.2, 0) is 24.3 Å². The van der Waals surface area contributed by atoms with Gasteiger partial charge in [0.1, 0.15) is 20.7 Å². The van der Waals surface area contributed by atoms with Gasteiger partial charge in [-0.15, -0.1) is 0 Å². The second-order valence-corrected chi connectivity index (χ2v) is 15.8. The first-order chi connectivity index (χ1) is 22.9. The van der Waals surface area contributed by atoms with E-state index in [1.54, 1.807) is 91.0 Å². The van der Waals surface area contributed by atoms with Crippen LogP contribution in [0.3, 0.4) is 0 Å². The smallest absolute Gasteiger partial charge is 0.351 e. The van der Waals surface area contributed by atoms with E-state index < -0.39 is 61.6 Å². The highest BCUT2D eigenvalue weighted by molar-refractivity contribution is 6.58. The van der Waals surface area contributed by atoms with E-state index in [9.17, 15) is 19.2 Å². The first kappa shape index (κ1) is 34.4. The second-order valence-electron chi connectivity index (χ2n) is 12.7. The van der Waals surface area contributed by atoms with Crippen molar-refractivity contribution in [1.29, 1.82) is 0 Å². The van der Waals surface area contributed by atoms with Crippen molar-refractivity contribution < 1.29 is 33.3 Å². The van der Waals surface area contributed by atoms with Crippen LogP contribution in [0.5, 0.6) is 0 Å². The topological polar surface area (TPSA) is 135 Å². The maximum atomic E-state index is 13.9. The van der Waals surface area contributed by atoms with Crippen molar-refractivity contribution in [2.75, 3.05) is 11.9 Å². The Morgan fingerprint density at radius 2 is 1.35 bits per heavy atom. The van der Waals surface area contributed by atoms with Crippen molar-refractivity contribution in [3.63, 3.8) is 0 Å². The summed E-state index contributed by atoms with van der Waals surface area (Å²) in [6, 6.07) is 26.8. The molecule has 1 N–H and O–H groups in total. The van der Waals surface area contributed by atoms with Crippen molar-refractivity contribution in [3.8, 4) is 0 Å². The van der Waals surface area contributed by atoms with Crippen molar-refractivity contribution in [2.24, 2.45) is 0 Å². The number of anilines is 1. The highest BCUT2D eigenvalue weighted by atomic mass is 28.3. The fourth-order valence-corrected chi connectivity index (χ4v) is 7.65. The predicted octanol–water partition coefficient (Wildman–Crippen LogP) is 4.84. The number of hydrogen-bond donors (Lipinski definition) is 1. The molecule has 1 amide bonds. The molecule has 3 aromatic carbocycles. The van der Waals surface area contributed by atoms with Crippen LogP contribution in [0, 0.1) is 0 Å². The molecular weight excluding hydrogens is 630 g/mol. The molecule has 4 aromatic rings. The maximum absolute atomic E-state index is 13.9. The Morgan fingerprint density at radius 1 is 0.833 bits per heavy atom. The van der Waals surface area contributed by atoms with Crippen molar-refractivity contribution in [2.45, 2.75) is 63.1 Å². The number of rotatable bonds is 10. The van der Waals surface area contributed by atoms with Crippen LogP contribution in [0.2, 0.25) is 13.1 Å². The summed E-state index contributed by atoms with van der Waals surface area (Å²) in [6.07, 6.45) is -1.94. The third-order valence-electron chi connectivity index (χ3n) is 7.87.